The lowest BCUT2D eigenvalue weighted by atomic mass is 9.47. The van der Waals surface area contributed by atoms with E-state index in [1.807, 2.05) is 13.0 Å². The number of carbonyl (C=O) groups excluding carboxylic acids is 1. The second-order valence-electron chi connectivity index (χ2n) is 12.6. The molecule has 0 aromatic heterocycles. The van der Waals surface area contributed by atoms with E-state index in [1.165, 1.54) is 24.8 Å². The van der Waals surface area contributed by atoms with Crippen molar-refractivity contribution < 1.29 is 27.1 Å². The van der Waals surface area contributed by atoms with Crippen molar-refractivity contribution in [2.24, 2.45) is 46.3 Å². The zero-order chi connectivity index (χ0) is 24.9. The highest BCUT2D eigenvalue weighted by Gasteiger charge is 2.59. The number of hydrogen-bond acceptors (Lipinski definition) is 5. The minimum atomic E-state index is -4.37. The van der Waals surface area contributed by atoms with Crippen LogP contribution in [0.15, 0.2) is 11.6 Å². The SMILES string of the molecule is CC(CCC[C@@H](C)[C@H]1CCC2C3=CC(=O)C4C[C@H](O)CC[C@]4(C)C3CC[C@@]21C)COS(=O)(=O)O. The fourth-order valence-corrected chi connectivity index (χ4v) is 9.00. The molecule has 0 bridgehead atoms. The minimum Gasteiger partial charge on any atom is -0.393 e. The van der Waals surface area contributed by atoms with Gasteiger partial charge in [-0.25, -0.2) is 4.18 Å². The smallest absolute Gasteiger partial charge is 0.393 e. The maximum absolute atomic E-state index is 13.2. The Kier molecular flexibility index (Phi) is 7.43. The molecule has 3 fully saturated rings. The largest absolute Gasteiger partial charge is 0.397 e. The van der Waals surface area contributed by atoms with Gasteiger partial charge in [-0.1, -0.05) is 46.1 Å². The van der Waals surface area contributed by atoms with Crippen molar-refractivity contribution in [3.63, 3.8) is 0 Å². The van der Waals surface area contributed by atoms with E-state index in [1.54, 1.807) is 0 Å². The minimum absolute atomic E-state index is 0.00564. The zero-order valence-electron chi connectivity index (χ0n) is 21.3. The van der Waals surface area contributed by atoms with Crippen LogP contribution in [0.1, 0.15) is 91.9 Å². The van der Waals surface area contributed by atoms with Gasteiger partial charge in [0.2, 0.25) is 0 Å². The van der Waals surface area contributed by atoms with Crippen LogP contribution in [0.4, 0.5) is 0 Å². The first-order valence-electron chi connectivity index (χ1n) is 13.4. The van der Waals surface area contributed by atoms with Crippen molar-refractivity contribution in [1.29, 1.82) is 0 Å². The molecule has 194 valence electrons. The lowest BCUT2D eigenvalue weighted by Crippen LogP contribution is -2.52. The van der Waals surface area contributed by atoms with E-state index in [2.05, 4.69) is 25.0 Å². The van der Waals surface area contributed by atoms with Crippen molar-refractivity contribution in [3.8, 4) is 0 Å². The number of rotatable bonds is 8. The normalized spacial score (nSPS) is 41.8. The standard InChI is InChI=1S/C27H44O6S/c1-17(16-33-34(30,31)32)6-5-7-18(2)21-8-9-22-20-15-25(29)24-14-19(28)10-12-27(24,4)23(20)11-13-26(21,22)3/h15,17-19,21-24,28H,5-14,16H2,1-4H3,(H,30,31,32)/t17?,18-,19-,21-,22?,23?,24?,26-,27-/m1/s1. The maximum Gasteiger partial charge on any atom is 0.397 e. The van der Waals surface area contributed by atoms with Gasteiger partial charge in [0.25, 0.3) is 0 Å². The van der Waals surface area contributed by atoms with E-state index >= 15 is 0 Å². The van der Waals surface area contributed by atoms with Crippen LogP contribution < -0.4 is 0 Å². The molecule has 7 heteroatoms. The summed E-state index contributed by atoms with van der Waals surface area (Å²) in [4.78, 5) is 13.2. The summed E-state index contributed by atoms with van der Waals surface area (Å²) in [6.07, 6.45) is 11.8. The van der Waals surface area contributed by atoms with Gasteiger partial charge >= 0.3 is 10.4 Å². The van der Waals surface area contributed by atoms with Gasteiger partial charge in [0.15, 0.2) is 5.78 Å². The van der Waals surface area contributed by atoms with E-state index in [0.717, 1.165) is 38.5 Å². The van der Waals surface area contributed by atoms with Crippen molar-refractivity contribution in [3.05, 3.63) is 11.6 Å². The van der Waals surface area contributed by atoms with Gasteiger partial charge in [0.1, 0.15) is 0 Å². The van der Waals surface area contributed by atoms with Gasteiger partial charge in [-0.15, -0.1) is 0 Å². The maximum atomic E-state index is 13.2. The molecule has 34 heavy (non-hydrogen) atoms. The highest BCUT2D eigenvalue weighted by atomic mass is 32.3. The van der Waals surface area contributed by atoms with Crippen LogP contribution in [0, 0.1) is 46.3 Å². The summed E-state index contributed by atoms with van der Waals surface area (Å²) in [6.45, 7) is 9.13. The van der Waals surface area contributed by atoms with Crippen molar-refractivity contribution in [2.45, 2.75) is 98.0 Å². The van der Waals surface area contributed by atoms with Gasteiger partial charge in [-0.05, 0) is 97.9 Å². The van der Waals surface area contributed by atoms with E-state index in [4.69, 9.17) is 4.55 Å². The van der Waals surface area contributed by atoms with E-state index in [9.17, 15) is 18.3 Å². The summed E-state index contributed by atoms with van der Waals surface area (Å²) in [5, 5.41) is 10.2. The number of aliphatic hydroxyl groups is 1. The zero-order valence-corrected chi connectivity index (χ0v) is 22.1. The highest BCUT2D eigenvalue weighted by Crippen LogP contribution is 2.66. The Bertz CT molecular complexity index is 912. The van der Waals surface area contributed by atoms with Gasteiger partial charge in [0.05, 0.1) is 12.7 Å². The Morgan fingerprint density at radius 1 is 1.03 bits per heavy atom. The van der Waals surface area contributed by atoms with Crippen LogP contribution in [-0.2, 0) is 19.4 Å². The predicted molar refractivity (Wildman–Crippen MR) is 131 cm³/mol. The lowest BCUT2D eigenvalue weighted by Gasteiger charge is -2.57. The first-order chi connectivity index (χ1) is 15.8. The Morgan fingerprint density at radius 2 is 1.71 bits per heavy atom. The molecular formula is C27H44O6S. The first kappa shape index (κ1) is 26.3. The van der Waals surface area contributed by atoms with E-state index in [-0.39, 0.29) is 41.2 Å². The molecule has 2 N–H and O–H groups in total. The highest BCUT2D eigenvalue weighted by molar-refractivity contribution is 7.80. The number of hydrogen-bond donors (Lipinski definition) is 2. The molecular weight excluding hydrogens is 452 g/mol. The lowest BCUT2D eigenvalue weighted by molar-refractivity contribution is -0.132. The molecule has 4 rings (SSSR count). The van der Waals surface area contributed by atoms with E-state index < -0.39 is 10.4 Å². The van der Waals surface area contributed by atoms with Gasteiger partial charge in [0, 0.05) is 5.92 Å². The number of allylic oxidation sites excluding steroid dienone is 2. The van der Waals surface area contributed by atoms with Crippen molar-refractivity contribution in [1.82, 2.24) is 0 Å². The Labute approximate surface area is 205 Å². The van der Waals surface area contributed by atoms with Crippen molar-refractivity contribution in [2.75, 3.05) is 6.61 Å². The van der Waals surface area contributed by atoms with Crippen LogP contribution in [0.25, 0.3) is 0 Å². The third-order valence-corrected chi connectivity index (χ3v) is 10.9. The van der Waals surface area contributed by atoms with Crippen molar-refractivity contribution >= 4 is 16.2 Å². The predicted octanol–water partition coefficient (Wildman–Crippen LogP) is 5.37. The van der Waals surface area contributed by atoms with Gasteiger partial charge in [-0.2, -0.15) is 8.42 Å². The monoisotopic (exact) mass is 496 g/mol. The molecule has 9 atom stereocenters. The molecule has 0 heterocycles. The molecule has 0 saturated heterocycles. The molecule has 3 saturated carbocycles. The van der Waals surface area contributed by atoms with E-state index in [0.29, 0.717) is 30.1 Å². The molecule has 6 nitrogen and oxygen atoms in total. The Balaban J connectivity index is 1.40. The molecule has 4 aliphatic carbocycles. The number of aliphatic hydroxyl groups excluding tert-OH is 1. The number of ketones is 1. The topological polar surface area (TPSA) is 101 Å². The molecule has 0 amide bonds. The third kappa shape index (κ3) is 4.91. The Hall–Kier alpha value is -0.760. The first-order valence-corrected chi connectivity index (χ1v) is 14.8. The summed E-state index contributed by atoms with van der Waals surface area (Å²) in [5.41, 5.74) is 1.67. The molecule has 0 aliphatic heterocycles. The van der Waals surface area contributed by atoms with Gasteiger partial charge in [-0.3, -0.25) is 9.35 Å². The molecule has 0 spiro atoms. The summed E-state index contributed by atoms with van der Waals surface area (Å²) in [7, 11) is -4.37. The summed E-state index contributed by atoms with van der Waals surface area (Å²) >= 11 is 0. The quantitative estimate of drug-likeness (QED) is 0.438. The molecule has 4 unspecified atom stereocenters. The number of carbonyl (C=O) groups is 1. The fraction of sp³-hybridized carbons (Fsp3) is 0.889. The fourth-order valence-electron chi connectivity index (χ4n) is 8.59. The average Bonchev–Trinajstić information content (AvgIpc) is 3.10. The van der Waals surface area contributed by atoms with Crippen LogP contribution in [0.3, 0.4) is 0 Å². The average molecular weight is 497 g/mol. The van der Waals surface area contributed by atoms with Crippen LogP contribution >= 0.6 is 0 Å². The van der Waals surface area contributed by atoms with Crippen LogP contribution in [0.2, 0.25) is 0 Å². The van der Waals surface area contributed by atoms with Gasteiger partial charge < -0.3 is 5.11 Å². The molecule has 4 aliphatic rings. The molecule has 0 aromatic rings. The summed E-state index contributed by atoms with van der Waals surface area (Å²) < 4.78 is 34.9. The molecule has 0 aromatic carbocycles. The molecule has 0 radical (unpaired) electrons. The second kappa shape index (κ2) is 9.60. The summed E-state index contributed by atoms with van der Waals surface area (Å²) in [5.74, 6) is 2.52. The second-order valence-corrected chi connectivity index (χ2v) is 13.7. The third-order valence-electron chi connectivity index (χ3n) is 10.5. The number of fused-ring (bicyclic) bond motifs is 5. The van der Waals surface area contributed by atoms with Crippen LogP contribution in [0.5, 0.6) is 0 Å². The Morgan fingerprint density at radius 3 is 2.41 bits per heavy atom. The van der Waals surface area contributed by atoms with Crippen LogP contribution in [-0.4, -0.2) is 36.6 Å². The summed E-state index contributed by atoms with van der Waals surface area (Å²) in [6, 6.07) is 0.